The van der Waals surface area contributed by atoms with E-state index in [0.29, 0.717) is 30.9 Å². The Labute approximate surface area is 221 Å². The number of amides is 2. The Morgan fingerprint density at radius 3 is 2.37 bits per heavy atom. The predicted molar refractivity (Wildman–Crippen MR) is 132 cm³/mol. The minimum absolute atomic E-state index is 0.0936. The lowest BCUT2D eigenvalue weighted by atomic mass is 9.79. The zero-order chi connectivity index (χ0) is 27.5. The van der Waals surface area contributed by atoms with Crippen LogP contribution in [-0.4, -0.2) is 28.1 Å². The number of rotatable bonds is 7. The first kappa shape index (κ1) is 27.4. The van der Waals surface area contributed by atoms with E-state index in [0.717, 1.165) is 12.1 Å². The molecule has 3 aromatic rings. The standard InChI is InChI=1S/C27H24ClF4N3O3/c28-19-9-10-23(33-15-19)26(14-16-5-2-1-3-6-16,17-11-18(27(30,31)32)13-20(29)12-17)35-25(38)34-22-8-4-7-21(22)24(36)37/h1-3,5-6,9-13,15,21-22H,4,7-8,14H2,(H,36,37)(H2,34,35,38)/t21?,22?,26-/m0/s1. The van der Waals surface area contributed by atoms with Crippen LogP contribution in [0.2, 0.25) is 5.02 Å². The fourth-order valence-electron chi connectivity index (χ4n) is 4.88. The average molecular weight is 550 g/mol. The van der Waals surface area contributed by atoms with Crippen molar-refractivity contribution in [3.05, 3.63) is 100 Å². The van der Waals surface area contributed by atoms with Crippen LogP contribution >= 0.6 is 11.6 Å². The molecule has 2 aromatic carbocycles. The van der Waals surface area contributed by atoms with Crippen LogP contribution < -0.4 is 10.6 Å². The van der Waals surface area contributed by atoms with E-state index >= 15 is 0 Å². The number of aliphatic carboxylic acids is 1. The number of carbonyl (C=O) groups is 2. The highest BCUT2D eigenvalue weighted by molar-refractivity contribution is 6.30. The van der Waals surface area contributed by atoms with E-state index in [-0.39, 0.29) is 22.7 Å². The minimum atomic E-state index is -4.86. The van der Waals surface area contributed by atoms with E-state index in [1.807, 2.05) is 0 Å². The van der Waals surface area contributed by atoms with Crippen LogP contribution in [0.3, 0.4) is 0 Å². The highest BCUT2D eigenvalue weighted by Crippen LogP contribution is 2.38. The Balaban J connectivity index is 1.86. The Kier molecular flexibility index (Phi) is 7.91. The molecular formula is C27H24ClF4N3O3. The van der Waals surface area contributed by atoms with Gasteiger partial charge in [0.05, 0.1) is 22.2 Å². The summed E-state index contributed by atoms with van der Waals surface area (Å²) in [5.74, 6) is -3.00. The van der Waals surface area contributed by atoms with E-state index in [4.69, 9.17) is 11.6 Å². The summed E-state index contributed by atoms with van der Waals surface area (Å²) in [5, 5.41) is 15.2. The smallest absolute Gasteiger partial charge is 0.416 e. The van der Waals surface area contributed by atoms with Crippen LogP contribution in [-0.2, 0) is 22.9 Å². The van der Waals surface area contributed by atoms with Gasteiger partial charge in [0.2, 0.25) is 0 Å². The van der Waals surface area contributed by atoms with Crippen molar-refractivity contribution in [2.75, 3.05) is 0 Å². The van der Waals surface area contributed by atoms with Crippen LogP contribution in [0.1, 0.15) is 41.6 Å². The third kappa shape index (κ3) is 6.07. The number of hydrogen-bond donors (Lipinski definition) is 3. The molecule has 38 heavy (non-hydrogen) atoms. The molecule has 11 heteroatoms. The maximum atomic E-state index is 14.7. The van der Waals surface area contributed by atoms with Crippen molar-refractivity contribution in [1.29, 1.82) is 0 Å². The molecule has 0 spiro atoms. The summed E-state index contributed by atoms with van der Waals surface area (Å²) in [6.07, 6.45) is -2.28. The first-order valence-corrected chi connectivity index (χ1v) is 12.2. The molecule has 1 heterocycles. The van der Waals surface area contributed by atoms with Gasteiger partial charge in [0.15, 0.2) is 0 Å². The van der Waals surface area contributed by atoms with E-state index in [1.54, 1.807) is 30.3 Å². The SMILES string of the molecule is O=C(NC1CCCC1C(=O)O)N[C@@](Cc1ccccc1)(c1cc(F)cc(C(F)(F)F)c1)c1ccc(Cl)cn1. The number of alkyl halides is 3. The molecular weight excluding hydrogens is 526 g/mol. The average Bonchev–Trinajstić information content (AvgIpc) is 3.32. The Bertz CT molecular complexity index is 1310. The molecule has 0 aliphatic heterocycles. The molecule has 1 aliphatic carbocycles. The Morgan fingerprint density at radius 2 is 1.74 bits per heavy atom. The second kappa shape index (κ2) is 11.0. The summed E-state index contributed by atoms with van der Waals surface area (Å²) < 4.78 is 55.8. The van der Waals surface area contributed by atoms with E-state index < -0.39 is 47.1 Å². The molecule has 1 aromatic heterocycles. The number of hydrogen-bond acceptors (Lipinski definition) is 3. The number of urea groups is 1. The molecule has 1 aliphatic rings. The Morgan fingerprint density at radius 1 is 1.03 bits per heavy atom. The maximum absolute atomic E-state index is 14.7. The van der Waals surface area contributed by atoms with Gasteiger partial charge >= 0.3 is 18.2 Å². The second-order valence-corrected chi connectivity index (χ2v) is 9.67. The molecule has 3 atom stereocenters. The molecule has 1 fully saturated rings. The number of carboxylic acids is 1. The maximum Gasteiger partial charge on any atom is 0.416 e. The second-order valence-electron chi connectivity index (χ2n) is 9.24. The van der Waals surface area contributed by atoms with Crippen LogP contribution in [0.25, 0.3) is 0 Å². The number of halogens is 5. The minimum Gasteiger partial charge on any atom is -0.481 e. The third-order valence-corrected chi connectivity index (χ3v) is 6.89. The number of aromatic nitrogens is 1. The number of pyridine rings is 1. The fraction of sp³-hybridized carbons (Fsp3) is 0.296. The zero-order valence-electron chi connectivity index (χ0n) is 19.9. The van der Waals surface area contributed by atoms with E-state index in [1.165, 1.54) is 18.3 Å². The van der Waals surface area contributed by atoms with Crippen molar-refractivity contribution in [2.24, 2.45) is 5.92 Å². The van der Waals surface area contributed by atoms with Crippen molar-refractivity contribution in [3.8, 4) is 0 Å². The van der Waals surface area contributed by atoms with Crippen molar-refractivity contribution < 1.29 is 32.3 Å². The van der Waals surface area contributed by atoms with Gasteiger partial charge in [-0.3, -0.25) is 9.78 Å². The van der Waals surface area contributed by atoms with Gasteiger partial charge in [0, 0.05) is 18.7 Å². The molecule has 0 bridgehead atoms. The number of nitrogens with one attached hydrogen (secondary N) is 2. The molecule has 4 rings (SSSR count). The van der Waals surface area contributed by atoms with Crippen molar-refractivity contribution in [2.45, 2.75) is 43.4 Å². The first-order chi connectivity index (χ1) is 18.0. The topological polar surface area (TPSA) is 91.3 Å². The summed E-state index contributed by atoms with van der Waals surface area (Å²) in [5.41, 5.74) is -2.48. The largest absolute Gasteiger partial charge is 0.481 e. The van der Waals surface area contributed by atoms with Gasteiger partial charge in [-0.15, -0.1) is 0 Å². The molecule has 2 unspecified atom stereocenters. The lowest BCUT2D eigenvalue weighted by Crippen LogP contribution is -2.55. The summed E-state index contributed by atoms with van der Waals surface area (Å²) in [6.45, 7) is 0. The lowest BCUT2D eigenvalue weighted by Gasteiger charge is -2.36. The molecule has 200 valence electrons. The molecule has 0 saturated heterocycles. The highest BCUT2D eigenvalue weighted by Gasteiger charge is 2.42. The lowest BCUT2D eigenvalue weighted by molar-refractivity contribution is -0.142. The van der Waals surface area contributed by atoms with Gasteiger partial charge in [0.25, 0.3) is 0 Å². The Hall–Kier alpha value is -3.66. The zero-order valence-corrected chi connectivity index (χ0v) is 20.7. The normalized spacial score (nSPS) is 19.0. The predicted octanol–water partition coefficient (Wildman–Crippen LogP) is 5.93. The van der Waals surface area contributed by atoms with Gasteiger partial charge in [-0.05, 0) is 54.3 Å². The van der Waals surface area contributed by atoms with Crippen LogP contribution in [0.15, 0.2) is 66.9 Å². The fourth-order valence-corrected chi connectivity index (χ4v) is 4.99. The number of carboxylic acid groups (broad SMARTS) is 1. The molecule has 6 nitrogen and oxygen atoms in total. The van der Waals surface area contributed by atoms with Crippen molar-refractivity contribution in [1.82, 2.24) is 15.6 Å². The van der Waals surface area contributed by atoms with Gasteiger partial charge in [-0.25, -0.2) is 9.18 Å². The van der Waals surface area contributed by atoms with Crippen molar-refractivity contribution >= 4 is 23.6 Å². The van der Waals surface area contributed by atoms with E-state index in [9.17, 15) is 32.3 Å². The molecule has 3 N–H and O–H groups in total. The quantitative estimate of drug-likeness (QED) is 0.319. The highest BCUT2D eigenvalue weighted by atomic mass is 35.5. The van der Waals surface area contributed by atoms with Crippen LogP contribution in [0.5, 0.6) is 0 Å². The monoisotopic (exact) mass is 549 g/mol. The number of nitrogens with zero attached hydrogens (tertiary/aromatic N) is 1. The molecule has 2 amide bonds. The van der Waals surface area contributed by atoms with Crippen LogP contribution in [0, 0.1) is 11.7 Å². The molecule has 0 radical (unpaired) electrons. The first-order valence-electron chi connectivity index (χ1n) is 11.8. The summed E-state index contributed by atoms with van der Waals surface area (Å²) >= 11 is 6.02. The molecule has 1 saturated carbocycles. The summed E-state index contributed by atoms with van der Waals surface area (Å²) in [4.78, 5) is 29.3. The van der Waals surface area contributed by atoms with Gasteiger partial charge in [-0.1, -0.05) is 48.4 Å². The van der Waals surface area contributed by atoms with Crippen molar-refractivity contribution in [3.63, 3.8) is 0 Å². The van der Waals surface area contributed by atoms with Crippen LogP contribution in [0.4, 0.5) is 22.4 Å². The number of benzene rings is 2. The number of carbonyl (C=O) groups excluding carboxylic acids is 1. The van der Waals surface area contributed by atoms with Gasteiger partial charge in [-0.2, -0.15) is 13.2 Å². The summed E-state index contributed by atoms with van der Waals surface area (Å²) in [6, 6.07) is 12.1. The third-order valence-electron chi connectivity index (χ3n) is 6.67. The summed E-state index contributed by atoms with van der Waals surface area (Å²) in [7, 11) is 0. The van der Waals surface area contributed by atoms with Gasteiger partial charge < -0.3 is 15.7 Å². The van der Waals surface area contributed by atoms with E-state index in [2.05, 4.69) is 15.6 Å². The van der Waals surface area contributed by atoms with Gasteiger partial charge in [0.1, 0.15) is 11.4 Å².